The number of aromatic nitrogens is 1. The number of benzene rings is 1. The van der Waals surface area contributed by atoms with Gasteiger partial charge < -0.3 is 15.0 Å². The Morgan fingerprint density at radius 2 is 2.00 bits per heavy atom. The summed E-state index contributed by atoms with van der Waals surface area (Å²) < 4.78 is 5.51. The van der Waals surface area contributed by atoms with Gasteiger partial charge in [-0.2, -0.15) is 0 Å². The van der Waals surface area contributed by atoms with Gasteiger partial charge in [0.05, 0.1) is 6.10 Å². The molecule has 1 atom stereocenters. The number of nitrogens with zero attached hydrogens (tertiary/aromatic N) is 2. The maximum absolute atomic E-state index is 12.9. The lowest BCUT2D eigenvalue weighted by molar-refractivity contribution is 0.0853. The minimum atomic E-state index is -0.281. The van der Waals surface area contributed by atoms with Gasteiger partial charge in [0, 0.05) is 25.4 Å². The summed E-state index contributed by atoms with van der Waals surface area (Å²) in [6.45, 7) is 1.85. The lowest BCUT2D eigenvalue weighted by atomic mass is 10.2. The zero-order valence-electron chi connectivity index (χ0n) is 14.5. The van der Waals surface area contributed by atoms with Crippen LogP contribution in [0.25, 0.3) is 0 Å². The maximum Gasteiger partial charge on any atom is 0.276 e. The highest BCUT2D eigenvalue weighted by Gasteiger charge is 2.26. The van der Waals surface area contributed by atoms with E-state index >= 15 is 0 Å². The molecule has 0 bridgehead atoms. The van der Waals surface area contributed by atoms with Gasteiger partial charge in [-0.05, 0) is 43.0 Å². The molecule has 1 fully saturated rings. The van der Waals surface area contributed by atoms with Crippen molar-refractivity contribution in [3.05, 3.63) is 59.4 Å². The Labute approximate surface area is 152 Å². The molecule has 1 aromatic carbocycles. The average Bonchev–Trinajstić information content (AvgIpc) is 3.35. The van der Waals surface area contributed by atoms with Gasteiger partial charge >= 0.3 is 0 Å². The van der Waals surface area contributed by atoms with Crippen molar-refractivity contribution in [2.75, 3.05) is 24.6 Å². The molecule has 6 nitrogen and oxygen atoms in total. The second-order valence-electron chi connectivity index (χ2n) is 6.59. The first-order valence-electron chi connectivity index (χ1n) is 8.99. The van der Waals surface area contributed by atoms with Crippen molar-refractivity contribution < 1.29 is 14.3 Å². The molecule has 3 heterocycles. The predicted molar refractivity (Wildman–Crippen MR) is 97.4 cm³/mol. The van der Waals surface area contributed by atoms with Gasteiger partial charge in [-0.3, -0.25) is 9.59 Å². The van der Waals surface area contributed by atoms with Crippen LogP contribution in [0.1, 0.15) is 39.4 Å². The van der Waals surface area contributed by atoms with E-state index in [1.165, 1.54) is 0 Å². The number of pyridine rings is 1. The Bertz CT molecular complexity index is 831. The molecule has 1 unspecified atom stereocenters. The largest absolute Gasteiger partial charge is 0.376 e. The van der Waals surface area contributed by atoms with Crippen molar-refractivity contribution in [1.82, 2.24) is 10.3 Å². The molecule has 26 heavy (non-hydrogen) atoms. The van der Waals surface area contributed by atoms with Crippen LogP contribution in [-0.4, -0.2) is 42.6 Å². The number of rotatable bonds is 4. The number of amides is 2. The first-order valence-corrected chi connectivity index (χ1v) is 8.99. The van der Waals surface area contributed by atoms with Crippen LogP contribution in [0.4, 0.5) is 5.69 Å². The topological polar surface area (TPSA) is 71.5 Å². The van der Waals surface area contributed by atoms with Gasteiger partial charge in [0.15, 0.2) is 0 Å². The van der Waals surface area contributed by atoms with Crippen molar-refractivity contribution in [2.24, 2.45) is 0 Å². The standard InChI is InChI=1S/C20H21N3O3/c24-19(21-13-15-6-4-12-26-15)16-7-3-8-17(22-16)20(25)23-11-10-14-5-1-2-9-18(14)23/h1-3,5,7-9,15H,4,6,10-13H2,(H,21,24). The minimum absolute atomic E-state index is 0.0740. The summed E-state index contributed by atoms with van der Waals surface area (Å²) in [4.78, 5) is 31.2. The van der Waals surface area contributed by atoms with Crippen LogP contribution in [-0.2, 0) is 11.2 Å². The molecule has 2 aliphatic heterocycles. The van der Waals surface area contributed by atoms with Gasteiger partial charge in [0.25, 0.3) is 11.8 Å². The average molecular weight is 351 g/mol. The molecule has 2 aliphatic rings. The molecule has 1 N–H and O–H groups in total. The highest BCUT2D eigenvalue weighted by atomic mass is 16.5. The van der Waals surface area contributed by atoms with Crippen molar-refractivity contribution in [2.45, 2.75) is 25.4 Å². The lowest BCUT2D eigenvalue weighted by Gasteiger charge is -2.17. The van der Waals surface area contributed by atoms with Gasteiger partial charge in [0.1, 0.15) is 11.4 Å². The molecule has 0 aliphatic carbocycles. The fraction of sp³-hybridized carbons (Fsp3) is 0.350. The van der Waals surface area contributed by atoms with Crippen LogP contribution in [0.15, 0.2) is 42.5 Å². The number of nitrogens with one attached hydrogen (secondary N) is 1. The van der Waals surface area contributed by atoms with Crippen LogP contribution in [0, 0.1) is 0 Å². The van der Waals surface area contributed by atoms with E-state index in [2.05, 4.69) is 10.3 Å². The minimum Gasteiger partial charge on any atom is -0.376 e. The number of anilines is 1. The molecular weight excluding hydrogens is 330 g/mol. The number of hydrogen-bond acceptors (Lipinski definition) is 4. The highest BCUT2D eigenvalue weighted by Crippen LogP contribution is 2.28. The smallest absolute Gasteiger partial charge is 0.276 e. The van der Waals surface area contributed by atoms with E-state index in [-0.39, 0.29) is 29.3 Å². The zero-order valence-corrected chi connectivity index (χ0v) is 14.5. The molecule has 1 aromatic heterocycles. The van der Waals surface area contributed by atoms with Gasteiger partial charge in [-0.1, -0.05) is 24.3 Å². The Kier molecular flexibility index (Phi) is 4.67. The molecule has 0 spiro atoms. The second kappa shape index (κ2) is 7.25. The van der Waals surface area contributed by atoms with Crippen LogP contribution in [0.2, 0.25) is 0 Å². The fourth-order valence-corrected chi connectivity index (χ4v) is 3.47. The van der Waals surface area contributed by atoms with E-state index in [1.54, 1.807) is 23.1 Å². The fourth-order valence-electron chi connectivity index (χ4n) is 3.47. The van der Waals surface area contributed by atoms with Crippen LogP contribution >= 0.6 is 0 Å². The molecule has 0 saturated carbocycles. The van der Waals surface area contributed by atoms with E-state index in [1.807, 2.05) is 24.3 Å². The number of carbonyl (C=O) groups excluding carboxylic acids is 2. The molecule has 6 heteroatoms. The van der Waals surface area contributed by atoms with Crippen molar-refractivity contribution in [1.29, 1.82) is 0 Å². The molecule has 1 saturated heterocycles. The molecule has 4 rings (SSSR count). The van der Waals surface area contributed by atoms with Gasteiger partial charge in [-0.15, -0.1) is 0 Å². The van der Waals surface area contributed by atoms with Crippen LogP contribution in [0.5, 0.6) is 0 Å². The Balaban J connectivity index is 1.47. The van der Waals surface area contributed by atoms with Crippen molar-refractivity contribution in [3.63, 3.8) is 0 Å². The highest BCUT2D eigenvalue weighted by molar-refractivity contribution is 6.06. The van der Waals surface area contributed by atoms with E-state index in [0.29, 0.717) is 13.1 Å². The van der Waals surface area contributed by atoms with E-state index in [4.69, 9.17) is 4.74 Å². The molecule has 134 valence electrons. The summed E-state index contributed by atoms with van der Waals surface area (Å²) in [6.07, 6.45) is 2.90. The molecule has 0 radical (unpaired) electrons. The number of para-hydroxylation sites is 1. The quantitative estimate of drug-likeness (QED) is 0.917. The van der Waals surface area contributed by atoms with Crippen molar-refractivity contribution in [3.8, 4) is 0 Å². The summed E-state index contributed by atoms with van der Waals surface area (Å²) >= 11 is 0. The third-order valence-corrected chi connectivity index (χ3v) is 4.85. The number of carbonyl (C=O) groups is 2. The first-order chi connectivity index (χ1) is 12.7. The normalized spacial score (nSPS) is 18.6. The summed E-state index contributed by atoms with van der Waals surface area (Å²) in [5, 5.41) is 2.84. The van der Waals surface area contributed by atoms with Gasteiger partial charge in [-0.25, -0.2) is 4.98 Å². The number of ether oxygens (including phenoxy) is 1. The van der Waals surface area contributed by atoms with E-state index < -0.39 is 0 Å². The second-order valence-corrected chi connectivity index (χ2v) is 6.59. The van der Waals surface area contributed by atoms with Crippen molar-refractivity contribution >= 4 is 17.5 Å². The third kappa shape index (κ3) is 3.32. The Morgan fingerprint density at radius 3 is 2.85 bits per heavy atom. The molecule has 2 aromatic rings. The van der Waals surface area contributed by atoms with Crippen LogP contribution < -0.4 is 10.2 Å². The molecular formula is C20H21N3O3. The number of hydrogen-bond donors (Lipinski definition) is 1. The summed E-state index contributed by atoms with van der Waals surface area (Å²) in [7, 11) is 0. The summed E-state index contributed by atoms with van der Waals surface area (Å²) in [5.74, 6) is -0.458. The number of fused-ring (bicyclic) bond motifs is 1. The monoisotopic (exact) mass is 351 g/mol. The van der Waals surface area contributed by atoms with Crippen LogP contribution in [0.3, 0.4) is 0 Å². The van der Waals surface area contributed by atoms with Gasteiger partial charge in [0.2, 0.25) is 0 Å². The zero-order chi connectivity index (χ0) is 17.9. The summed E-state index contributed by atoms with van der Waals surface area (Å²) in [5.41, 5.74) is 2.62. The maximum atomic E-state index is 12.9. The lowest BCUT2D eigenvalue weighted by Crippen LogP contribution is -2.33. The van der Waals surface area contributed by atoms with E-state index in [0.717, 1.165) is 37.1 Å². The summed E-state index contributed by atoms with van der Waals surface area (Å²) in [6, 6.07) is 12.9. The van der Waals surface area contributed by atoms with E-state index in [9.17, 15) is 9.59 Å². The molecule has 2 amide bonds. The Morgan fingerprint density at radius 1 is 1.15 bits per heavy atom. The SMILES string of the molecule is O=C(NCC1CCCO1)c1cccc(C(=O)N2CCc3ccccc32)n1. The first kappa shape index (κ1) is 16.7. The Hall–Kier alpha value is -2.73. The third-order valence-electron chi connectivity index (χ3n) is 4.85. The predicted octanol–water partition coefficient (Wildman–Crippen LogP) is 2.19.